The van der Waals surface area contributed by atoms with Crippen molar-refractivity contribution >= 4 is 0 Å². The Hall–Kier alpha value is -0.860. The molecule has 1 aromatic rings. The lowest BCUT2D eigenvalue weighted by Crippen LogP contribution is -2.53. The molecule has 0 spiro atoms. The molecular formula is C22H37NO. The van der Waals surface area contributed by atoms with E-state index in [0.717, 1.165) is 25.7 Å². The number of hydrogen-bond acceptors (Lipinski definition) is 2. The Bertz CT molecular complexity index is 456. The van der Waals surface area contributed by atoms with Crippen LogP contribution in [0, 0.1) is 5.92 Å². The number of aryl methyl sites for hydroxylation is 1. The van der Waals surface area contributed by atoms with Gasteiger partial charge in [-0.3, -0.25) is 0 Å². The van der Waals surface area contributed by atoms with E-state index in [0.29, 0.717) is 5.92 Å². The molecule has 2 atom stereocenters. The quantitative estimate of drug-likeness (QED) is 0.592. The normalized spacial score (nSPS) is 24.2. The Kier molecular flexibility index (Phi) is 8.28. The minimum Gasteiger partial charge on any atom is -0.394 e. The van der Waals surface area contributed by atoms with E-state index in [4.69, 9.17) is 5.73 Å². The van der Waals surface area contributed by atoms with Crippen LogP contribution in [0.1, 0.15) is 82.3 Å². The van der Waals surface area contributed by atoms with Crippen molar-refractivity contribution in [3.8, 4) is 0 Å². The van der Waals surface area contributed by atoms with Gasteiger partial charge in [0.05, 0.1) is 6.61 Å². The molecule has 1 saturated carbocycles. The highest BCUT2D eigenvalue weighted by atomic mass is 16.3. The summed E-state index contributed by atoms with van der Waals surface area (Å²) < 4.78 is 0. The van der Waals surface area contributed by atoms with Crippen molar-refractivity contribution in [2.45, 2.75) is 89.5 Å². The topological polar surface area (TPSA) is 46.2 Å². The first-order valence-corrected chi connectivity index (χ1v) is 10.2. The molecule has 24 heavy (non-hydrogen) atoms. The predicted octanol–water partition coefficient (Wildman–Crippen LogP) is 5.01. The van der Waals surface area contributed by atoms with Crippen LogP contribution in [0.4, 0.5) is 0 Å². The van der Waals surface area contributed by atoms with Crippen LogP contribution >= 0.6 is 0 Å². The van der Waals surface area contributed by atoms with Crippen LogP contribution in [-0.4, -0.2) is 17.3 Å². The summed E-state index contributed by atoms with van der Waals surface area (Å²) in [6.45, 7) is 2.39. The molecule has 0 heterocycles. The van der Waals surface area contributed by atoms with Gasteiger partial charge in [-0.2, -0.15) is 0 Å². The molecule has 136 valence electrons. The summed E-state index contributed by atoms with van der Waals surface area (Å²) in [6.07, 6.45) is 14.9. The van der Waals surface area contributed by atoms with E-state index in [2.05, 4.69) is 31.2 Å². The lowest BCUT2D eigenvalue weighted by atomic mass is 9.71. The minimum absolute atomic E-state index is 0.119. The van der Waals surface area contributed by atoms with Crippen LogP contribution in [0.15, 0.2) is 24.3 Å². The van der Waals surface area contributed by atoms with Gasteiger partial charge in [0.2, 0.25) is 0 Å². The smallest absolute Gasteiger partial charge is 0.0614 e. The lowest BCUT2D eigenvalue weighted by Gasteiger charge is -2.40. The number of rotatable bonds is 10. The Morgan fingerprint density at radius 3 is 2.38 bits per heavy atom. The lowest BCUT2D eigenvalue weighted by molar-refractivity contribution is 0.100. The molecule has 0 aliphatic heterocycles. The second-order valence-electron chi connectivity index (χ2n) is 7.87. The molecule has 1 aliphatic carbocycles. The van der Waals surface area contributed by atoms with Crippen molar-refractivity contribution in [1.82, 2.24) is 0 Å². The first kappa shape index (κ1) is 19.5. The molecule has 0 saturated heterocycles. The van der Waals surface area contributed by atoms with Crippen LogP contribution in [0.2, 0.25) is 0 Å². The summed E-state index contributed by atoms with van der Waals surface area (Å²) in [5, 5.41) is 9.69. The zero-order valence-electron chi connectivity index (χ0n) is 15.6. The van der Waals surface area contributed by atoms with Crippen LogP contribution in [-0.2, 0) is 12.8 Å². The maximum absolute atomic E-state index is 9.69. The van der Waals surface area contributed by atoms with Gasteiger partial charge in [-0.1, -0.05) is 76.1 Å². The average Bonchev–Trinajstić information content (AvgIpc) is 2.61. The van der Waals surface area contributed by atoms with Gasteiger partial charge >= 0.3 is 0 Å². The molecule has 2 rings (SSSR count). The molecule has 0 radical (unpaired) electrons. The van der Waals surface area contributed by atoms with Crippen molar-refractivity contribution in [2.24, 2.45) is 11.7 Å². The fourth-order valence-corrected chi connectivity index (χ4v) is 4.09. The van der Waals surface area contributed by atoms with Crippen LogP contribution in [0.5, 0.6) is 0 Å². The largest absolute Gasteiger partial charge is 0.394 e. The zero-order chi connectivity index (χ0) is 17.3. The van der Waals surface area contributed by atoms with Crippen molar-refractivity contribution in [2.75, 3.05) is 6.61 Å². The molecule has 3 N–H and O–H groups in total. The summed E-state index contributed by atoms with van der Waals surface area (Å²) in [5.74, 6) is 0.417. The second-order valence-corrected chi connectivity index (χ2v) is 7.87. The van der Waals surface area contributed by atoms with E-state index < -0.39 is 0 Å². The summed E-state index contributed by atoms with van der Waals surface area (Å²) in [5.41, 5.74) is 8.91. The highest BCUT2D eigenvalue weighted by Gasteiger charge is 2.36. The molecule has 1 aromatic carbocycles. The third-order valence-electron chi connectivity index (χ3n) is 5.88. The first-order valence-electron chi connectivity index (χ1n) is 10.2. The molecule has 2 heteroatoms. The molecule has 0 aromatic heterocycles. The fourth-order valence-electron chi connectivity index (χ4n) is 4.09. The summed E-state index contributed by atoms with van der Waals surface area (Å²) in [6, 6.07) is 9.14. The first-order chi connectivity index (χ1) is 11.7. The Balaban J connectivity index is 1.77. The maximum atomic E-state index is 9.69. The molecule has 0 amide bonds. The number of benzene rings is 1. The van der Waals surface area contributed by atoms with Gasteiger partial charge < -0.3 is 10.8 Å². The molecular weight excluding hydrogens is 294 g/mol. The summed E-state index contributed by atoms with van der Waals surface area (Å²) in [4.78, 5) is 0. The average molecular weight is 332 g/mol. The van der Waals surface area contributed by atoms with E-state index >= 15 is 0 Å². The van der Waals surface area contributed by atoms with Gasteiger partial charge in [0.25, 0.3) is 0 Å². The van der Waals surface area contributed by atoms with E-state index in [1.54, 1.807) is 0 Å². The van der Waals surface area contributed by atoms with Gasteiger partial charge in [0.15, 0.2) is 0 Å². The Morgan fingerprint density at radius 2 is 1.67 bits per heavy atom. The van der Waals surface area contributed by atoms with Crippen molar-refractivity contribution in [3.63, 3.8) is 0 Å². The van der Waals surface area contributed by atoms with Gasteiger partial charge in [-0.15, -0.1) is 0 Å². The standard InChI is InChI=1S/C22H37NO/c1-2-3-4-5-6-7-10-19-12-14-20(15-13-19)17-21-11-8-9-16-22(21,23)18-24/h12-15,21,24H,2-11,16-18,23H2,1H3/t21-,22+/m0/s1. The highest BCUT2D eigenvalue weighted by molar-refractivity contribution is 5.23. The monoisotopic (exact) mass is 331 g/mol. The van der Waals surface area contributed by atoms with Gasteiger partial charge in [-0.25, -0.2) is 0 Å². The SMILES string of the molecule is CCCCCCCCc1ccc(C[C@@H]2CCCC[C@@]2(N)CO)cc1. The van der Waals surface area contributed by atoms with Crippen LogP contribution in [0.25, 0.3) is 0 Å². The molecule has 1 aliphatic rings. The van der Waals surface area contributed by atoms with E-state index in [1.807, 2.05) is 0 Å². The van der Waals surface area contributed by atoms with E-state index in [-0.39, 0.29) is 12.1 Å². The van der Waals surface area contributed by atoms with Crippen LogP contribution in [0.3, 0.4) is 0 Å². The fraction of sp³-hybridized carbons (Fsp3) is 0.727. The van der Waals surface area contributed by atoms with Crippen molar-refractivity contribution in [3.05, 3.63) is 35.4 Å². The Morgan fingerprint density at radius 1 is 1.00 bits per heavy atom. The van der Waals surface area contributed by atoms with Gasteiger partial charge in [0, 0.05) is 5.54 Å². The van der Waals surface area contributed by atoms with Gasteiger partial charge in [0.1, 0.15) is 0 Å². The molecule has 1 fully saturated rings. The second kappa shape index (κ2) is 10.2. The molecule has 0 bridgehead atoms. The number of aliphatic hydroxyl groups is 1. The maximum Gasteiger partial charge on any atom is 0.0614 e. The third-order valence-corrected chi connectivity index (χ3v) is 5.88. The highest BCUT2D eigenvalue weighted by Crippen LogP contribution is 2.34. The predicted molar refractivity (Wildman–Crippen MR) is 103 cm³/mol. The van der Waals surface area contributed by atoms with Crippen LogP contribution < -0.4 is 5.73 Å². The molecule has 2 nitrogen and oxygen atoms in total. The summed E-state index contributed by atoms with van der Waals surface area (Å²) >= 11 is 0. The number of hydrogen-bond donors (Lipinski definition) is 2. The minimum atomic E-state index is -0.366. The van der Waals surface area contributed by atoms with Gasteiger partial charge in [-0.05, 0) is 49.1 Å². The number of unbranched alkanes of at least 4 members (excludes halogenated alkanes) is 5. The summed E-state index contributed by atoms with van der Waals surface area (Å²) in [7, 11) is 0. The van der Waals surface area contributed by atoms with E-state index in [9.17, 15) is 5.11 Å². The Labute approximate surface area is 148 Å². The van der Waals surface area contributed by atoms with Crippen molar-refractivity contribution in [1.29, 1.82) is 0 Å². The molecule has 0 unspecified atom stereocenters. The third kappa shape index (κ3) is 5.89. The van der Waals surface area contributed by atoms with Crippen molar-refractivity contribution < 1.29 is 5.11 Å². The zero-order valence-corrected chi connectivity index (χ0v) is 15.6. The van der Waals surface area contributed by atoms with E-state index in [1.165, 1.54) is 62.5 Å². The number of nitrogens with two attached hydrogens (primary N) is 1. The number of aliphatic hydroxyl groups excluding tert-OH is 1.